The Balaban J connectivity index is 1.99. The third-order valence-corrected chi connectivity index (χ3v) is 4.03. The fraction of sp³-hybridized carbons (Fsp3) is 0.533. The summed E-state index contributed by atoms with van der Waals surface area (Å²) in [4.78, 5) is 27.3. The fourth-order valence-corrected chi connectivity index (χ4v) is 2.70. The van der Waals surface area contributed by atoms with Crippen molar-refractivity contribution in [1.82, 2.24) is 10.3 Å². The van der Waals surface area contributed by atoms with Gasteiger partial charge >= 0.3 is 5.97 Å². The van der Waals surface area contributed by atoms with Gasteiger partial charge in [-0.15, -0.1) is 0 Å². The molecule has 0 saturated heterocycles. The number of pyridine rings is 1. The number of amides is 1. The van der Waals surface area contributed by atoms with E-state index in [1.165, 1.54) is 0 Å². The van der Waals surface area contributed by atoms with Gasteiger partial charge in [0.1, 0.15) is 0 Å². The lowest BCUT2D eigenvalue weighted by molar-refractivity contribution is -0.141. The highest BCUT2D eigenvalue weighted by molar-refractivity contribution is 5.95. The monoisotopic (exact) mass is 276 g/mol. The molecule has 1 fully saturated rings. The molecule has 108 valence electrons. The molecule has 1 saturated carbocycles. The number of aliphatic carboxylic acids is 1. The van der Waals surface area contributed by atoms with Crippen molar-refractivity contribution in [2.45, 2.75) is 39.5 Å². The van der Waals surface area contributed by atoms with Crippen LogP contribution in [0.4, 0.5) is 0 Å². The summed E-state index contributed by atoms with van der Waals surface area (Å²) >= 11 is 0. The molecule has 2 rings (SSSR count). The highest BCUT2D eigenvalue weighted by Gasteiger charge is 2.39. The van der Waals surface area contributed by atoms with Gasteiger partial charge in [-0.1, -0.05) is 6.42 Å². The van der Waals surface area contributed by atoms with Crippen molar-refractivity contribution < 1.29 is 14.7 Å². The van der Waals surface area contributed by atoms with Gasteiger partial charge in [0.15, 0.2) is 0 Å². The molecule has 1 aliphatic carbocycles. The largest absolute Gasteiger partial charge is 0.481 e. The predicted molar refractivity (Wildman–Crippen MR) is 74.6 cm³/mol. The van der Waals surface area contributed by atoms with E-state index >= 15 is 0 Å². The minimum atomic E-state index is -0.799. The molecular formula is C15H20N2O3. The molecule has 1 amide bonds. The second-order valence-electron chi connectivity index (χ2n) is 5.69. The highest BCUT2D eigenvalue weighted by Crippen LogP contribution is 2.43. The Hall–Kier alpha value is -1.91. The number of nitrogens with one attached hydrogen (secondary N) is 1. The van der Waals surface area contributed by atoms with Crippen LogP contribution in [-0.2, 0) is 4.79 Å². The first-order chi connectivity index (χ1) is 9.42. The van der Waals surface area contributed by atoms with E-state index < -0.39 is 5.97 Å². The molecular weight excluding hydrogens is 256 g/mol. The molecule has 1 aromatic rings. The number of carbonyl (C=O) groups excluding carboxylic acids is 1. The van der Waals surface area contributed by atoms with Crippen LogP contribution in [0.5, 0.6) is 0 Å². The van der Waals surface area contributed by atoms with Crippen molar-refractivity contribution in [3.63, 3.8) is 0 Å². The zero-order chi connectivity index (χ0) is 14.8. The van der Waals surface area contributed by atoms with Gasteiger partial charge in [-0.3, -0.25) is 14.6 Å². The zero-order valence-electron chi connectivity index (χ0n) is 11.9. The van der Waals surface area contributed by atoms with E-state index in [9.17, 15) is 9.59 Å². The van der Waals surface area contributed by atoms with Gasteiger partial charge in [0.25, 0.3) is 5.91 Å². The van der Waals surface area contributed by atoms with Crippen LogP contribution in [0.1, 0.15) is 47.4 Å². The van der Waals surface area contributed by atoms with Gasteiger partial charge in [0, 0.05) is 12.2 Å². The standard InChI is InChI=1S/C15H20N2O3/c1-10-4-5-12(11(2)17-10)14(20)16-9-15(6-3-7-15)8-13(18)19/h4-5H,3,6-9H2,1-2H3,(H,16,20)(H,18,19). The first-order valence-corrected chi connectivity index (χ1v) is 6.86. The summed E-state index contributed by atoms with van der Waals surface area (Å²) in [7, 11) is 0. The average molecular weight is 276 g/mol. The molecule has 0 spiro atoms. The summed E-state index contributed by atoms with van der Waals surface area (Å²) < 4.78 is 0. The number of carbonyl (C=O) groups is 2. The normalized spacial score (nSPS) is 16.3. The summed E-state index contributed by atoms with van der Waals surface area (Å²) in [5, 5.41) is 11.8. The fourth-order valence-electron chi connectivity index (χ4n) is 2.70. The summed E-state index contributed by atoms with van der Waals surface area (Å²) in [6.45, 7) is 4.11. The highest BCUT2D eigenvalue weighted by atomic mass is 16.4. The van der Waals surface area contributed by atoms with E-state index in [4.69, 9.17) is 5.11 Å². The lowest BCUT2D eigenvalue weighted by atomic mass is 9.66. The Bertz CT molecular complexity index is 536. The smallest absolute Gasteiger partial charge is 0.303 e. The molecule has 20 heavy (non-hydrogen) atoms. The van der Waals surface area contributed by atoms with Gasteiger partial charge in [-0.05, 0) is 44.2 Å². The van der Waals surface area contributed by atoms with Crippen LogP contribution >= 0.6 is 0 Å². The second-order valence-corrected chi connectivity index (χ2v) is 5.69. The number of carboxylic acids is 1. The number of aromatic nitrogens is 1. The Morgan fingerprint density at radius 1 is 1.35 bits per heavy atom. The quantitative estimate of drug-likeness (QED) is 0.863. The molecule has 2 N–H and O–H groups in total. The first-order valence-electron chi connectivity index (χ1n) is 6.86. The van der Waals surface area contributed by atoms with Crippen LogP contribution < -0.4 is 5.32 Å². The third kappa shape index (κ3) is 3.15. The van der Waals surface area contributed by atoms with Crippen molar-refractivity contribution in [2.75, 3.05) is 6.54 Å². The molecule has 0 radical (unpaired) electrons. The maximum Gasteiger partial charge on any atom is 0.303 e. The maximum absolute atomic E-state index is 12.2. The minimum absolute atomic E-state index is 0.123. The molecule has 1 heterocycles. The van der Waals surface area contributed by atoms with E-state index in [1.54, 1.807) is 19.1 Å². The van der Waals surface area contributed by atoms with Gasteiger partial charge in [0.05, 0.1) is 17.7 Å². The van der Waals surface area contributed by atoms with Crippen molar-refractivity contribution in [1.29, 1.82) is 0 Å². The second kappa shape index (κ2) is 5.61. The van der Waals surface area contributed by atoms with Crippen molar-refractivity contribution in [3.8, 4) is 0 Å². The maximum atomic E-state index is 12.2. The Kier molecular flexibility index (Phi) is 4.06. The number of rotatable bonds is 5. The van der Waals surface area contributed by atoms with E-state index in [0.717, 1.165) is 25.0 Å². The van der Waals surface area contributed by atoms with Crippen LogP contribution in [0.15, 0.2) is 12.1 Å². The number of aryl methyl sites for hydroxylation is 2. The minimum Gasteiger partial charge on any atom is -0.481 e. The van der Waals surface area contributed by atoms with Gasteiger partial charge in [-0.25, -0.2) is 0 Å². The summed E-state index contributed by atoms with van der Waals surface area (Å²) in [6.07, 6.45) is 2.89. The van der Waals surface area contributed by atoms with E-state index in [1.807, 2.05) is 6.92 Å². The topological polar surface area (TPSA) is 79.3 Å². The zero-order valence-corrected chi connectivity index (χ0v) is 11.9. The lowest BCUT2D eigenvalue weighted by Crippen LogP contribution is -2.43. The molecule has 0 unspecified atom stereocenters. The van der Waals surface area contributed by atoms with E-state index in [2.05, 4.69) is 10.3 Å². The molecule has 0 aliphatic heterocycles. The van der Waals surface area contributed by atoms with Crippen LogP contribution in [0.2, 0.25) is 0 Å². The average Bonchev–Trinajstić information content (AvgIpc) is 2.31. The Morgan fingerprint density at radius 3 is 2.55 bits per heavy atom. The number of carboxylic acid groups (broad SMARTS) is 1. The van der Waals surface area contributed by atoms with Crippen molar-refractivity contribution in [2.24, 2.45) is 5.41 Å². The summed E-state index contributed by atoms with van der Waals surface area (Å²) in [6, 6.07) is 3.57. The van der Waals surface area contributed by atoms with Crippen LogP contribution in [0, 0.1) is 19.3 Å². The van der Waals surface area contributed by atoms with E-state index in [-0.39, 0.29) is 17.7 Å². The summed E-state index contributed by atoms with van der Waals surface area (Å²) in [5.41, 5.74) is 1.87. The first kappa shape index (κ1) is 14.5. The molecule has 1 aliphatic rings. The van der Waals surface area contributed by atoms with Crippen molar-refractivity contribution >= 4 is 11.9 Å². The Morgan fingerprint density at radius 2 is 2.05 bits per heavy atom. The van der Waals surface area contributed by atoms with E-state index in [0.29, 0.717) is 17.8 Å². The molecule has 0 atom stereocenters. The molecule has 0 bridgehead atoms. The number of nitrogens with zero attached hydrogens (tertiary/aromatic N) is 1. The van der Waals surface area contributed by atoms with Crippen molar-refractivity contribution in [3.05, 3.63) is 29.1 Å². The van der Waals surface area contributed by atoms with Crippen LogP contribution in [0.3, 0.4) is 0 Å². The third-order valence-electron chi connectivity index (χ3n) is 4.03. The number of hydrogen-bond acceptors (Lipinski definition) is 3. The van der Waals surface area contributed by atoms with Gasteiger partial charge in [0.2, 0.25) is 0 Å². The van der Waals surface area contributed by atoms with Gasteiger partial charge in [-0.2, -0.15) is 0 Å². The predicted octanol–water partition coefficient (Wildman–Crippen LogP) is 2.07. The van der Waals surface area contributed by atoms with Crippen LogP contribution in [0.25, 0.3) is 0 Å². The molecule has 1 aromatic heterocycles. The molecule has 5 nitrogen and oxygen atoms in total. The molecule has 5 heteroatoms. The number of hydrogen-bond donors (Lipinski definition) is 2. The lowest BCUT2D eigenvalue weighted by Gasteiger charge is -2.40. The Labute approximate surface area is 118 Å². The SMILES string of the molecule is Cc1ccc(C(=O)NCC2(CC(=O)O)CCC2)c(C)n1. The van der Waals surface area contributed by atoms with Gasteiger partial charge < -0.3 is 10.4 Å². The molecule has 0 aromatic carbocycles. The summed E-state index contributed by atoms with van der Waals surface area (Å²) in [5.74, 6) is -0.973. The van der Waals surface area contributed by atoms with Crippen LogP contribution in [-0.4, -0.2) is 28.5 Å².